The van der Waals surface area contributed by atoms with E-state index in [0.717, 1.165) is 10.2 Å². The summed E-state index contributed by atoms with van der Waals surface area (Å²) in [5.74, 6) is 1.42. The first kappa shape index (κ1) is 29.1. The minimum absolute atomic E-state index is 0.0517. The Morgan fingerprint density at radius 2 is 2.02 bits per heavy atom. The van der Waals surface area contributed by atoms with Crippen LogP contribution in [0.1, 0.15) is 54.9 Å². The Bertz CT molecular complexity index is 1700. The third-order valence-corrected chi connectivity index (χ3v) is 6.26. The number of carbonyl (C=O) groups is 1. The van der Waals surface area contributed by atoms with Gasteiger partial charge in [-0.15, -0.1) is 9.78 Å². The summed E-state index contributed by atoms with van der Waals surface area (Å²) in [5.41, 5.74) is 1.74. The highest BCUT2D eigenvalue weighted by Crippen LogP contribution is 2.39. The standard InChI is InChI=1S/C29H30N8O6/c1-29(2,3)43-28(39)33-14-19-11-21(7-6-17(19)13-30)34-23(18-10-20-15-41-16-42-24(20)22(12-18)40-4)25-35-27(38)37(36-25)26-31-8-5-9-32-26/h5-12,23,34H,14-16H2,1-4H3,(H,33,39)(H,35,36,38). The monoisotopic (exact) mass is 586 g/mol. The molecule has 1 atom stereocenters. The van der Waals surface area contributed by atoms with Gasteiger partial charge in [0.25, 0.3) is 5.95 Å². The van der Waals surface area contributed by atoms with Crippen LogP contribution in [0.3, 0.4) is 0 Å². The number of H-pyrrole nitrogens is 1. The smallest absolute Gasteiger partial charge is 0.407 e. The van der Waals surface area contributed by atoms with Gasteiger partial charge >= 0.3 is 11.8 Å². The van der Waals surface area contributed by atoms with Crippen LogP contribution in [0.5, 0.6) is 11.5 Å². The lowest BCUT2D eigenvalue weighted by Crippen LogP contribution is -2.32. The number of hydrogen-bond acceptors (Lipinski definition) is 11. The number of fused-ring (bicyclic) bond motifs is 1. The Morgan fingerprint density at radius 1 is 1.23 bits per heavy atom. The van der Waals surface area contributed by atoms with Crippen LogP contribution in [-0.4, -0.2) is 50.3 Å². The molecule has 0 radical (unpaired) electrons. The van der Waals surface area contributed by atoms with E-state index in [9.17, 15) is 14.9 Å². The van der Waals surface area contributed by atoms with E-state index in [-0.39, 0.29) is 25.1 Å². The highest BCUT2D eigenvalue weighted by molar-refractivity contribution is 5.68. The normalized spacial score (nSPS) is 13.2. The number of amides is 1. The number of nitriles is 1. The molecule has 5 rings (SSSR count). The van der Waals surface area contributed by atoms with Crippen LogP contribution < -0.4 is 25.8 Å². The summed E-state index contributed by atoms with van der Waals surface area (Å²) in [6.45, 7) is 5.75. The number of aromatic amines is 1. The number of hydrogen-bond donors (Lipinski definition) is 3. The number of methoxy groups -OCH3 is 1. The maximum Gasteiger partial charge on any atom is 0.407 e. The van der Waals surface area contributed by atoms with Crippen molar-refractivity contribution in [2.45, 2.75) is 45.6 Å². The van der Waals surface area contributed by atoms with E-state index in [1.54, 1.807) is 51.1 Å². The quantitative estimate of drug-likeness (QED) is 0.276. The van der Waals surface area contributed by atoms with Crippen molar-refractivity contribution in [2.75, 3.05) is 19.2 Å². The van der Waals surface area contributed by atoms with Gasteiger partial charge in [0.1, 0.15) is 11.6 Å². The van der Waals surface area contributed by atoms with E-state index in [2.05, 4.69) is 36.8 Å². The van der Waals surface area contributed by atoms with E-state index in [1.165, 1.54) is 19.5 Å². The van der Waals surface area contributed by atoms with Gasteiger partial charge < -0.3 is 29.6 Å². The minimum Gasteiger partial charge on any atom is -0.493 e. The number of anilines is 1. The van der Waals surface area contributed by atoms with Crippen LogP contribution in [0, 0.1) is 11.3 Å². The average molecular weight is 587 g/mol. The van der Waals surface area contributed by atoms with E-state index in [4.69, 9.17) is 18.9 Å². The van der Waals surface area contributed by atoms with Crippen LogP contribution in [0.25, 0.3) is 5.95 Å². The summed E-state index contributed by atoms with van der Waals surface area (Å²) in [6, 6.07) is 11.8. The van der Waals surface area contributed by atoms with E-state index < -0.39 is 23.4 Å². The Kier molecular flexibility index (Phi) is 8.26. The lowest BCUT2D eigenvalue weighted by atomic mass is 10.0. The first-order valence-electron chi connectivity index (χ1n) is 13.3. The second kappa shape index (κ2) is 12.2. The van der Waals surface area contributed by atoms with Gasteiger partial charge in [0, 0.05) is 30.2 Å². The van der Waals surface area contributed by atoms with Gasteiger partial charge in [-0.1, -0.05) is 0 Å². The first-order chi connectivity index (χ1) is 20.6. The Hall–Kier alpha value is -5.42. The lowest BCUT2D eigenvalue weighted by molar-refractivity contribution is -0.0180. The molecule has 1 amide bonds. The van der Waals surface area contributed by atoms with E-state index in [1.807, 2.05) is 6.07 Å². The topological polar surface area (TPSA) is 178 Å². The summed E-state index contributed by atoms with van der Waals surface area (Å²) in [6.07, 6.45) is 2.41. The highest BCUT2D eigenvalue weighted by atomic mass is 16.7. The molecule has 0 aliphatic carbocycles. The van der Waals surface area contributed by atoms with Crippen molar-refractivity contribution in [3.8, 4) is 23.5 Å². The fourth-order valence-electron chi connectivity index (χ4n) is 4.43. The second-order valence-electron chi connectivity index (χ2n) is 10.5. The fourth-order valence-corrected chi connectivity index (χ4v) is 4.43. The number of carbonyl (C=O) groups excluding carboxylic acids is 1. The minimum atomic E-state index is -0.724. The van der Waals surface area contributed by atoms with Crippen LogP contribution in [0.2, 0.25) is 0 Å². The predicted molar refractivity (Wildman–Crippen MR) is 153 cm³/mol. The molecule has 3 N–H and O–H groups in total. The predicted octanol–water partition coefficient (Wildman–Crippen LogP) is 3.32. The Morgan fingerprint density at radius 3 is 2.74 bits per heavy atom. The van der Waals surface area contributed by atoms with Gasteiger partial charge in [-0.05, 0) is 68.3 Å². The van der Waals surface area contributed by atoms with E-state index in [0.29, 0.717) is 40.5 Å². The zero-order chi connectivity index (χ0) is 30.6. The SMILES string of the molecule is COc1cc(C(Nc2ccc(C#N)c(CNC(=O)OC(C)(C)C)c2)c2nn(-c3ncccn3)c(=O)[nH]2)cc2c1OCOC2. The largest absolute Gasteiger partial charge is 0.493 e. The summed E-state index contributed by atoms with van der Waals surface area (Å²) in [4.78, 5) is 36.3. The van der Waals surface area contributed by atoms with Gasteiger partial charge in [0.05, 0.1) is 25.3 Å². The van der Waals surface area contributed by atoms with Gasteiger partial charge in [-0.2, -0.15) is 5.26 Å². The maximum absolute atomic E-state index is 13.0. The molecule has 2 aromatic carbocycles. The number of nitrogens with zero attached hydrogens (tertiary/aromatic N) is 5. The number of benzene rings is 2. The molecule has 222 valence electrons. The van der Waals surface area contributed by atoms with Crippen molar-refractivity contribution in [1.29, 1.82) is 5.26 Å². The Labute approximate surface area is 246 Å². The molecule has 43 heavy (non-hydrogen) atoms. The van der Waals surface area contributed by atoms with Crippen LogP contribution in [0.15, 0.2) is 53.6 Å². The third kappa shape index (κ3) is 6.74. The molecule has 0 saturated carbocycles. The summed E-state index contributed by atoms with van der Waals surface area (Å²) in [5, 5.41) is 20.3. The van der Waals surface area contributed by atoms with Crippen LogP contribution in [0.4, 0.5) is 10.5 Å². The van der Waals surface area contributed by atoms with Gasteiger partial charge in [0.15, 0.2) is 24.1 Å². The van der Waals surface area contributed by atoms with Crippen LogP contribution in [-0.2, 0) is 22.6 Å². The highest BCUT2D eigenvalue weighted by Gasteiger charge is 2.26. The first-order valence-corrected chi connectivity index (χ1v) is 13.3. The number of alkyl carbamates (subject to hydrolysis) is 1. The molecule has 2 aromatic heterocycles. The summed E-state index contributed by atoms with van der Waals surface area (Å²) < 4.78 is 23.2. The number of ether oxygens (including phenoxy) is 4. The molecule has 1 aliphatic heterocycles. The van der Waals surface area contributed by atoms with E-state index >= 15 is 0 Å². The second-order valence-corrected chi connectivity index (χ2v) is 10.5. The molecule has 14 heteroatoms. The van der Waals surface area contributed by atoms with Crippen molar-refractivity contribution in [2.24, 2.45) is 0 Å². The van der Waals surface area contributed by atoms with Gasteiger partial charge in [-0.25, -0.2) is 19.6 Å². The van der Waals surface area contributed by atoms with Crippen molar-refractivity contribution < 1.29 is 23.7 Å². The molecule has 0 spiro atoms. The number of rotatable bonds is 8. The molecule has 0 fully saturated rings. The zero-order valence-electron chi connectivity index (χ0n) is 24.0. The molecular weight excluding hydrogens is 556 g/mol. The molecule has 4 aromatic rings. The molecule has 14 nitrogen and oxygen atoms in total. The molecule has 0 bridgehead atoms. The van der Waals surface area contributed by atoms with Gasteiger partial charge in [0.2, 0.25) is 0 Å². The maximum atomic E-state index is 13.0. The molecule has 1 unspecified atom stereocenters. The van der Waals surface area contributed by atoms with Crippen molar-refractivity contribution in [3.63, 3.8) is 0 Å². The zero-order valence-corrected chi connectivity index (χ0v) is 24.0. The Balaban J connectivity index is 1.53. The molecule has 3 heterocycles. The molecular formula is C29H30N8O6. The third-order valence-electron chi connectivity index (χ3n) is 6.26. The average Bonchev–Trinajstić information content (AvgIpc) is 3.38. The lowest BCUT2D eigenvalue weighted by Gasteiger charge is -2.24. The number of aromatic nitrogens is 5. The van der Waals surface area contributed by atoms with Crippen molar-refractivity contribution in [1.82, 2.24) is 30.0 Å². The summed E-state index contributed by atoms with van der Waals surface area (Å²) in [7, 11) is 1.54. The summed E-state index contributed by atoms with van der Waals surface area (Å²) >= 11 is 0. The van der Waals surface area contributed by atoms with Crippen molar-refractivity contribution >= 4 is 11.8 Å². The van der Waals surface area contributed by atoms with Crippen molar-refractivity contribution in [3.05, 3.63) is 87.4 Å². The number of nitrogens with one attached hydrogen (secondary N) is 3. The molecule has 1 aliphatic rings. The molecule has 0 saturated heterocycles. The fraction of sp³-hybridized carbons (Fsp3) is 0.310. The van der Waals surface area contributed by atoms with Gasteiger partial charge in [-0.3, -0.25) is 4.98 Å². The van der Waals surface area contributed by atoms with Crippen LogP contribution >= 0.6 is 0 Å².